The zero-order valence-corrected chi connectivity index (χ0v) is 30.3. The minimum absolute atomic E-state index is 0.153. The second-order valence-corrected chi connectivity index (χ2v) is 12.7. The first-order chi connectivity index (χ1) is 24.5. The number of para-hydroxylation sites is 1. The average molecular weight is 653 g/mol. The van der Waals surface area contributed by atoms with E-state index in [4.69, 9.17) is 0 Å². The quantitative estimate of drug-likeness (QED) is 0.130. The summed E-state index contributed by atoms with van der Waals surface area (Å²) in [6.07, 6.45) is 8.00. The van der Waals surface area contributed by atoms with Crippen LogP contribution in [0.3, 0.4) is 0 Å². The number of nitrogens with zero attached hydrogens (tertiary/aromatic N) is 2. The van der Waals surface area contributed by atoms with Gasteiger partial charge in [0.25, 0.3) is 0 Å². The second kappa shape index (κ2) is 16.2. The Hall–Kier alpha value is -5.65. The molecular weight excluding hydrogens is 605 g/mol. The summed E-state index contributed by atoms with van der Waals surface area (Å²) in [5.41, 5.74) is 12.9. The molecule has 1 heterocycles. The number of terminal acetylenes is 1. The highest BCUT2D eigenvalue weighted by atomic mass is 15.0. The molecule has 8 rings (SSSR count). The number of benzene rings is 6. The van der Waals surface area contributed by atoms with Gasteiger partial charge in [-0.1, -0.05) is 147 Å². The number of fused-ring (bicyclic) bond motifs is 6. The van der Waals surface area contributed by atoms with Gasteiger partial charge in [0.2, 0.25) is 0 Å². The maximum atomic E-state index is 4.58. The van der Waals surface area contributed by atoms with Crippen LogP contribution in [-0.4, -0.2) is 10.3 Å². The lowest BCUT2D eigenvalue weighted by atomic mass is 9.74. The van der Waals surface area contributed by atoms with Gasteiger partial charge in [0.05, 0.1) is 6.54 Å². The van der Waals surface area contributed by atoms with E-state index in [0.717, 1.165) is 12.3 Å². The average Bonchev–Trinajstić information content (AvgIpc) is 3.65. The molecule has 250 valence electrons. The van der Waals surface area contributed by atoms with E-state index in [2.05, 4.69) is 165 Å². The third kappa shape index (κ3) is 6.78. The van der Waals surface area contributed by atoms with E-state index in [1.165, 1.54) is 60.8 Å². The van der Waals surface area contributed by atoms with Gasteiger partial charge < -0.3 is 4.57 Å². The Morgan fingerprint density at radius 2 is 1.18 bits per heavy atom. The minimum atomic E-state index is -0.153. The van der Waals surface area contributed by atoms with Crippen molar-refractivity contribution in [2.24, 2.45) is 4.99 Å². The Balaban J connectivity index is 0.000000206. The fourth-order valence-electron chi connectivity index (χ4n) is 7.18. The van der Waals surface area contributed by atoms with Crippen molar-refractivity contribution in [3.8, 4) is 24.0 Å². The topological polar surface area (TPSA) is 17.3 Å². The molecule has 0 radical (unpaired) electrons. The van der Waals surface area contributed by atoms with Crippen LogP contribution in [-0.2, 0) is 12.0 Å². The first-order valence-corrected chi connectivity index (χ1v) is 17.6. The maximum absolute atomic E-state index is 4.58. The van der Waals surface area contributed by atoms with Gasteiger partial charge >= 0.3 is 0 Å². The lowest BCUT2D eigenvalue weighted by Gasteiger charge is -2.28. The van der Waals surface area contributed by atoms with Crippen LogP contribution in [0.4, 0.5) is 0 Å². The van der Waals surface area contributed by atoms with Crippen molar-refractivity contribution in [1.29, 1.82) is 0 Å². The molecule has 0 bridgehead atoms. The number of aromatic nitrogens is 1. The molecule has 0 aliphatic heterocycles. The molecule has 0 fully saturated rings. The summed E-state index contributed by atoms with van der Waals surface area (Å²) in [6.45, 7) is 13.8. The van der Waals surface area contributed by atoms with E-state index >= 15 is 0 Å². The summed E-state index contributed by atoms with van der Waals surface area (Å²) in [4.78, 5) is 4.58. The van der Waals surface area contributed by atoms with Gasteiger partial charge in [-0.05, 0) is 84.8 Å². The summed E-state index contributed by atoms with van der Waals surface area (Å²) in [5, 5.41) is 2.69. The Morgan fingerprint density at radius 3 is 1.84 bits per heavy atom. The van der Waals surface area contributed by atoms with Crippen molar-refractivity contribution in [2.45, 2.75) is 59.5 Å². The molecule has 0 amide bonds. The molecule has 0 N–H and O–H groups in total. The monoisotopic (exact) mass is 652 g/mol. The molecule has 0 spiro atoms. The van der Waals surface area contributed by atoms with Crippen molar-refractivity contribution in [3.05, 3.63) is 179 Å². The first kappa shape index (κ1) is 35.7. The van der Waals surface area contributed by atoms with Crippen LogP contribution in [0, 0.1) is 12.8 Å². The van der Waals surface area contributed by atoms with E-state index in [0.29, 0.717) is 6.04 Å². The van der Waals surface area contributed by atoms with E-state index in [1.807, 2.05) is 50.2 Å². The van der Waals surface area contributed by atoms with Crippen molar-refractivity contribution in [3.63, 3.8) is 0 Å². The van der Waals surface area contributed by atoms with E-state index in [1.54, 1.807) is 0 Å². The van der Waals surface area contributed by atoms with Gasteiger partial charge in [-0.15, -0.1) is 12.8 Å². The number of rotatable bonds is 5. The summed E-state index contributed by atoms with van der Waals surface area (Å²) in [6, 6.07) is 54.6. The number of aliphatic imine (C=N–C) groups is 1. The molecule has 6 aromatic carbocycles. The standard InChI is InChI=1S/C29H25N.C15H15N.C2H6.C2H2/c1-19(2)30-27-16-10-8-14-22(27)24-17-23-21-13-7-9-15-25(21)29(3,26(23)18-28(24)30)20-11-5-4-6-12-20;1-13(15-10-6-3-7-11-15)16-12-14-8-4-2-5-9-14;2*1-2/h4-19H,1-3H3;2-11H,12H2,1H3;1-2H3;1-2H. The Morgan fingerprint density at radius 1 is 0.620 bits per heavy atom. The maximum Gasteiger partial charge on any atom is 0.0643 e. The summed E-state index contributed by atoms with van der Waals surface area (Å²) >= 11 is 0. The number of hydrogen-bond acceptors (Lipinski definition) is 1. The molecule has 2 heteroatoms. The third-order valence-corrected chi connectivity index (χ3v) is 9.54. The fourth-order valence-corrected chi connectivity index (χ4v) is 7.18. The van der Waals surface area contributed by atoms with Gasteiger partial charge in [-0.3, -0.25) is 4.99 Å². The molecule has 0 saturated carbocycles. The highest BCUT2D eigenvalue weighted by Gasteiger charge is 2.41. The molecule has 2 nitrogen and oxygen atoms in total. The van der Waals surface area contributed by atoms with Crippen LogP contribution in [0.2, 0.25) is 0 Å². The Kier molecular flexibility index (Phi) is 11.5. The fraction of sp³-hybridized carbons (Fsp3) is 0.188. The van der Waals surface area contributed by atoms with Crippen LogP contribution < -0.4 is 0 Å². The Labute approximate surface area is 299 Å². The zero-order valence-electron chi connectivity index (χ0n) is 30.3. The molecule has 1 aromatic heterocycles. The van der Waals surface area contributed by atoms with Crippen LogP contribution in [0.5, 0.6) is 0 Å². The highest BCUT2D eigenvalue weighted by molar-refractivity contribution is 6.10. The molecule has 7 aromatic rings. The third-order valence-electron chi connectivity index (χ3n) is 9.54. The predicted molar refractivity (Wildman–Crippen MR) is 217 cm³/mol. The number of hydrogen-bond donors (Lipinski definition) is 0. The van der Waals surface area contributed by atoms with Crippen molar-refractivity contribution >= 4 is 27.5 Å². The highest BCUT2D eigenvalue weighted by Crippen LogP contribution is 2.54. The van der Waals surface area contributed by atoms with Crippen LogP contribution in [0.15, 0.2) is 157 Å². The molecule has 1 unspecified atom stereocenters. The SMILES string of the molecule is C#C.CC.CC(=NCc1ccccc1)c1ccccc1.CC(C)n1c2ccccc2c2cc3c(cc21)C(C)(c1ccccc1)c1ccccc1-3. The molecule has 0 saturated heterocycles. The molecule has 1 atom stereocenters. The van der Waals surface area contributed by atoms with Crippen molar-refractivity contribution < 1.29 is 0 Å². The van der Waals surface area contributed by atoms with E-state index in [-0.39, 0.29) is 5.41 Å². The lowest BCUT2D eigenvalue weighted by Crippen LogP contribution is -2.22. The molecular formula is C48H48N2. The second-order valence-electron chi connectivity index (χ2n) is 12.7. The summed E-state index contributed by atoms with van der Waals surface area (Å²) in [7, 11) is 0. The predicted octanol–water partition coefficient (Wildman–Crippen LogP) is 12.7. The first-order valence-electron chi connectivity index (χ1n) is 17.6. The van der Waals surface area contributed by atoms with E-state index < -0.39 is 0 Å². The molecule has 50 heavy (non-hydrogen) atoms. The van der Waals surface area contributed by atoms with Crippen molar-refractivity contribution in [2.75, 3.05) is 0 Å². The lowest BCUT2D eigenvalue weighted by molar-refractivity contribution is 0.641. The molecule has 1 aliphatic rings. The van der Waals surface area contributed by atoms with Crippen LogP contribution in [0.1, 0.15) is 75.4 Å². The molecule has 1 aliphatic carbocycles. The van der Waals surface area contributed by atoms with Gasteiger partial charge in [0.1, 0.15) is 0 Å². The van der Waals surface area contributed by atoms with E-state index in [9.17, 15) is 0 Å². The van der Waals surface area contributed by atoms with Gasteiger partial charge in [0, 0.05) is 39.0 Å². The van der Waals surface area contributed by atoms with Crippen LogP contribution >= 0.6 is 0 Å². The Bertz CT molecular complexity index is 2200. The smallest absolute Gasteiger partial charge is 0.0643 e. The zero-order chi connectivity index (χ0) is 35.7. The summed E-state index contributed by atoms with van der Waals surface area (Å²) in [5.74, 6) is 0. The van der Waals surface area contributed by atoms with Gasteiger partial charge in [-0.25, -0.2) is 0 Å². The summed E-state index contributed by atoms with van der Waals surface area (Å²) < 4.78 is 2.50. The largest absolute Gasteiger partial charge is 0.338 e. The van der Waals surface area contributed by atoms with Crippen LogP contribution in [0.25, 0.3) is 32.9 Å². The van der Waals surface area contributed by atoms with Gasteiger partial charge in [-0.2, -0.15) is 0 Å². The normalized spacial score (nSPS) is 14.4. The van der Waals surface area contributed by atoms with Gasteiger partial charge in [0.15, 0.2) is 0 Å². The minimum Gasteiger partial charge on any atom is -0.338 e. The van der Waals surface area contributed by atoms with Crippen molar-refractivity contribution in [1.82, 2.24) is 4.57 Å².